The Hall–Kier alpha value is -2.58. The molecule has 2 fully saturated rings. The van der Waals surface area contributed by atoms with Gasteiger partial charge in [-0.3, -0.25) is 14.4 Å². The van der Waals surface area contributed by atoms with E-state index in [0.717, 1.165) is 42.5 Å². The Morgan fingerprint density at radius 3 is 2.32 bits per heavy atom. The Balaban J connectivity index is 1.60. The van der Waals surface area contributed by atoms with Crippen LogP contribution in [0.5, 0.6) is 0 Å². The van der Waals surface area contributed by atoms with Crippen LogP contribution in [0.4, 0.5) is 5.69 Å². The predicted molar refractivity (Wildman–Crippen MR) is 151 cm³/mol. The van der Waals surface area contributed by atoms with Crippen LogP contribution in [0.15, 0.2) is 42.5 Å². The molecule has 5 atom stereocenters. The zero-order valence-electron chi connectivity index (χ0n) is 22.9. The van der Waals surface area contributed by atoms with Crippen LogP contribution < -0.4 is 4.90 Å². The maximum atomic E-state index is 14.6. The summed E-state index contributed by atoms with van der Waals surface area (Å²) in [5, 5.41) is 9.17. The smallest absolute Gasteiger partial charge is 0.251 e. The first kappa shape index (κ1) is 27.0. The highest BCUT2D eigenvalue weighted by Crippen LogP contribution is 2.65. The summed E-state index contributed by atoms with van der Waals surface area (Å²) in [4.78, 5) is 48.0. The van der Waals surface area contributed by atoms with Crippen LogP contribution in [0, 0.1) is 25.7 Å². The lowest BCUT2D eigenvalue weighted by atomic mass is 9.74. The number of fused-ring (bicyclic) bond motifs is 2. The SMILES string of the molecule is Cc1cccc(C)c1N1CC=C[C@]23S[C@]4(C)C=CCN(C)C(=O)[C@@H]4[C@H]2C(=O)N(CCCCCCO)C3C1=O. The van der Waals surface area contributed by atoms with Crippen LogP contribution in [0.1, 0.15) is 43.7 Å². The lowest BCUT2D eigenvalue weighted by molar-refractivity contribution is -0.143. The average molecular weight is 538 g/mol. The van der Waals surface area contributed by atoms with Gasteiger partial charge in [-0.25, -0.2) is 0 Å². The molecule has 1 spiro atoms. The molecule has 0 bridgehead atoms. The number of likely N-dealkylation sites (tertiary alicyclic amines) is 1. The molecule has 7 nitrogen and oxygen atoms in total. The number of nitrogens with zero attached hydrogens (tertiary/aromatic N) is 3. The number of thioether (sulfide) groups is 1. The quantitative estimate of drug-likeness (QED) is 0.426. The number of hydrogen-bond acceptors (Lipinski definition) is 5. The van der Waals surface area contributed by atoms with E-state index >= 15 is 0 Å². The molecule has 4 aliphatic rings. The van der Waals surface area contributed by atoms with Crippen LogP contribution in [0.3, 0.4) is 0 Å². The number of likely N-dealkylation sites (N-methyl/N-ethyl adjacent to an activating group) is 1. The van der Waals surface area contributed by atoms with Gasteiger partial charge >= 0.3 is 0 Å². The lowest BCUT2D eigenvalue weighted by Crippen LogP contribution is -2.53. The number of aliphatic hydroxyl groups is 1. The van der Waals surface area contributed by atoms with E-state index in [-0.39, 0.29) is 24.3 Å². The Bertz CT molecular complexity index is 1180. The van der Waals surface area contributed by atoms with E-state index in [1.807, 2.05) is 49.1 Å². The summed E-state index contributed by atoms with van der Waals surface area (Å²) in [7, 11) is 1.79. The molecule has 204 valence electrons. The van der Waals surface area contributed by atoms with E-state index in [9.17, 15) is 14.4 Å². The monoisotopic (exact) mass is 537 g/mol. The summed E-state index contributed by atoms with van der Waals surface area (Å²) in [5.74, 6) is -1.32. The number of para-hydroxylation sites is 1. The minimum atomic E-state index is -0.817. The molecule has 5 rings (SSSR count). The molecule has 1 N–H and O–H groups in total. The molecule has 1 unspecified atom stereocenters. The van der Waals surface area contributed by atoms with Gasteiger partial charge in [-0.1, -0.05) is 55.3 Å². The minimum Gasteiger partial charge on any atom is -0.396 e. The number of anilines is 1. The molecular formula is C30H39N3O4S. The highest BCUT2D eigenvalue weighted by Gasteiger charge is 2.73. The molecule has 0 aromatic heterocycles. The van der Waals surface area contributed by atoms with E-state index in [2.05, 4.69) is 19.1 Å². The first-order chi connectivity index (χ1) is 18.2. The van der Waals surface area contributed by atoms with E-state index < -0.39 is 27.4 Å². The van der Waals surface area contributed by atoms with Crippen molar-refractivity contribution in [3.8, 4) is 0 Å². The number of aliphatic hydroxyl groups excluding tert-OH is 1. The van der Waals surface area contributed by atoms with Crippen LogP contribution in [0.25, 0.3) is 0 Å². The highest BCUT2D eigenvalue weighted by molar-refractivity contribution is 8.02. The van der Waals surface area contributed by atoms with Crippen molar-refractivity contribution in [2.24, 2.45) is 11.8 Å². The molecule has 38 heavy (non-hydrogen) atoms. The fourth-order valence-corrected chi connectivity index (χ4v) is 9.22. The van der Waals surface area contributed by atoms with Gasteiger partial charge in [0.05, 0.1) is 16.6 Å². The van der Waals surface area contributed by atoms with Gasteiger partial charge in [0.15, 0.2) is 0 Å². The minimum absolute atomic E-state index is 0.0273. The number of carbonyl (C=O) groups is 3. The number of hydrogen-bond donors (Lipinski definition) is 1. The van der Waals surface area contributed by atoms with Crippen LogP contribution in [0.2, 0.25) is 0 Å². The van der Waals surface area contributed by atoms with Crippen molar-refractivity contribution in [1.82, 2.24) is 9.80 Å². The maximum absolute atomic E-state index is 14.6. The third-order valence-electron chi connectivity index (χ3n) is 8.77. The third-order valence-corrected chi connectivity index (χ3v) is 10.6. The van der Waals surface area contributed by atoms with Gasteiger partial charge in [0, 0.05) is 43.7 Å². The molecule has 1 aromatic rings. The molecule has 0 aliphatic carbocycles. The second-order valence-corrected chi connectivity index (χ2v) is 13.2. The summed E-state index contributed by atoms with van der Waals surface area (Å²) in [6.45, 7) is 7.67. The highest BCUT2D eigenvalue weighted by atomic mass is 32.2. The predicted octanol–water partition coefficient (Wildman–Crippen LogP) is 3.47. The van der Waals surface area contributed by atoms with Crippen LogP contribution in [-0.2, 0) is 14.4 Å². The fourth-order valence-electron chi connectivity index (χ4n) is 7.06. The summed E-state index contributed by atoms with van der Waals surface area (Å²) >= 11 is 1.63. The Kier molecular flexibility index (Phi) is 7.24. The zero-order valence-corrected chi connectivity index (χ0v) is 23.7. The van der Waals surface area contributed by atoms with Crippen LogP contribution in [-0.4, -0.2) is 81.5 Å². The van der Waals surface area contributed by atoms with Gasteiger partial charge in [-0.05, 0) is 44.7 Å². The van der Waals surface area contributed by atoms with Crippen molar-refractivity contribution in [2.75, 3.05) is 38.2 Å². The Morgan fingerprint density at radius 2 is 1.61 bits per heavy atom. The largest absolute Gasteiger partial charge is 0.396 e. The van der Waals surface area contributed by atoms with Crippen molar-refractivity contribution in [3.63, 3.8) is 0 Å². The number of amides is 3. The number of unbranched alkanes of at least 4 members (excludes halogenated alkanes) is 3. The molecule has 4 aliphatic heterocycles. The molecule has 1 aromatic carbocycles. The molecule has 8 heteroatoms. The van der Waals surface area contributed by atoms with Gasteiger partial charge in [0.2, 0.25) is 11.8 Å². The average Bonchev–Trinajstić information content (AvgIpc) is 3.14. The Morgan fingerprint density at radius 1 is 0.921 bits per heavy atom. The van der Waals surface area contributed by atoms with Crippen molar-refractivity contribution in [2.45, 2.75) is 62.0 Å². The van der Waals surface area contributed by atoms with E-state index in [1.165, 1.54) is 0 Å². The van der Waals surface area contributed by atoms with Crippen LogP contribution >= 0.6 is 11.8 Å². The fraction of sp³-hybridized carbons (Fsp3) is 0.567. The zero-order chi connectivity index (χ0) is 27.2. The Labute approximate surface area is 229 Å². The van der Waals surface area contributed by atoms with Crippen molar-refractivity contribution in [1.29, 1.82) is 0 Å². The molecule has 0 radical (unpaired) electrons. The molecule has 2 saturated heterocycles. The molecule has 0 saturated carbocycles. The lowest BCUT2D eigenvalue weighted by Gasteiger charge is -2.37. The number of benzene rings is 1. The van der Waals surface area contributed by atoms with Gasteiger partial charge in [0.1, 0.15) is 6.04 Å². The second-order valence-electron chi connectivity index (χ2n) is 11.4. The van der Waals surface area contributed by atoms with E-state index in [4.69, 9.17) is 5.11 Å². The maximum Gasteiger partial charge on any atom is 0.251 e. The normalized spacial score (nSPS) is 32.4. The summed E-state index contributed by atoms with van der Waals surface area (Å²) in [5.41, 5.74) is 2.95. The van der Waals surface area contributed by atoms with Gasteiger partial charge in [-0.2, -0.15) is 0 Å². The van der Waals surface area contributed by atoms with E-state index in [1.54, 1.807) is 28.6 Å². The van der Waals surface area contributed by atoms with E-state index in [0.29, 0.717) is 19.6 Å². The molecule has 3 amide bonds. The van der Waals surface area contributed by atoms with Crippen molar-refractivity contribution < 1.29 is 19.5 Å². The number of aryl methyl sites for hydroxylation is 2. The molecule has 4 heterocycles. The number of rotatable bonds is 7. The molecular weight excluding hydrogens is 498 g/mol. The first-order valence-electron chi connectivity index (χ1n) is 13.8. The van der Waals surface area contributed by atoms with Gasteiger partial charge in [0.25, 0.3) is 5.91 Å². The number of carbonyl (C=O) groups excluding carboxylic acids is 3. The summed E-state index contributed by atoms with van der Waals surface area (Å²) in [6.07, 6.45) is 11.5. The van der Waals surface area contributed by atoms with Crippen molar-refractivity contribution >= 4 is 35.2 Å². The van der Waals surface area contributed by atoms with Gasteiger partial charge < -0.3 is 19.8 Å². The second kappa shape index (κ2) is 10.2. The third kappa shape index (κ3) is 4.11. The standard InChI is InChI=1S/C30H39N3O4S/c1-20-12-9-13-21(2)24(20)32-18-11-15-30-23(22-26(35)31(4)16-10-14-29(22,3)38-30)27(36)33(25(30)28(32)37)17-7-5-6-8-19-34/h9-15,22-23,25,34H,5-8,16-19H2,1-4H3/t22-,23-,25?,29+,30-/m0/s1. The summed E-state index contributed by atoms with van der Waals surface area (Å²) in [6, 6.07) is 5.35. The first-order valence-corrected chi connectivity index (χ1v) is 14.6. The summed E-state index contributed by atoms with van der Waals surface area (Å²) < 4.78 is -1.39. The van der Waals surface area contributed by atoms with Crippen molar-refractivity contribution in [3.05, 3.63) is 53.6 Å². The van der Waals surface area contributed by atoms with Gasteiger partial charge in [-0.15, -0.1) is 11.8 Å². The topological polar surface area (TPSA) is 81.2 Å².